The molecule has 1 N–H and O–H groups in total. The number of ether oxygens (including phenoxy) is 1. The number of methoxy groups -OCH3 is 1. The number of aliphatic hydroxyl groups is 1. The highest BCUT2D eigenvalue weighted by molar-refractivity contribution is 5.81. The molecule has 0 radical (unpaired) electrons. The van der Waals surface area contributed by atoms with Gasteiger partial charge in [0.05, 0.1) is 7.11 Å². The van der Waals surface area contributed by atoms with Crippen molar-refractivity contribution in [2.75, 3.05) is 7.11 Å². The van der Waals surface area contributed by atoms with Crippen molar-refractivity contribution in [1.29, 1.82) is 0 Å². The van der Waals surface area contributed by atoms with E-state index >= 15 is 0 Å². The fraction of sp³-hybridized carbons (Fsp3) is 0.167. The molecule has 1 rings (SSSR count). The van der Waals surface area contributed by atoms with Gasteiger partial charge < -0.3 is 9.84 Å². The zero-order chi connectivity index (χ0) is 12.0. The number of aliphatic hydroxyl groups excluding tert-OH is 1. The van der Waals surface area contributed by atoms with Crippen molar-refractivity contribution in [3.8, 4) is 0 Å². The van der Waals surface area contributed by atoms with Crippen molar-refractivity contribution < 1.29 is 14.6 Å². The van der Waals surface area contributed by atoms with E-state index in [0.29, 0.717) is 0 Å². The van der Waals surface area contributed by atoms with Crippen LogP contribution in [0.5, 0.6) is 0 Å². The van der Waals surface area contributed by atoms with E-state index < -0.39 is 12.1 Å². The zero-order valence-corrected chi connectivity index (χ0v) is 8.79. The van der Waals surface area contributed by atoms with Gasteiger partial charge in [-0.3, -0.25) is 4.79 Å². The molecule has 0 aromatic heterocycles. The Morgan fingerprint density at radius 3 is 2.75 bits per heavy atom. The highest BCUT2D eigenvalue weighted by Crippen LogP contribution is 2.08. The summed E-state index contributed by atoms with van der Waals surface area (Å²) in [6, 6.07) is 7.77. The Bertz CT molecular complexity index is 451. The van der Waals surface area contributed by atoms with Crippen LogP contribution in [0.15, 0.2) is 47.3 Å². The molecule has 0 saturated carbocycles. The number of rotatable bonds is 3. The molecule has 0 saturated heterocycles. The van der Waals surface area contributed by atoms with Crippen molar-refractivity contribution in [2.45, 2.75) is 6.10 Å². The van der Waals surface area contributed by atoms with Crippen molar-refractivity contribution in [2.24, 2.45) is 0 Å². The fourth-order valence-electron chi connectivity index (χ4n) is 1.13. The van der Waals surface area contributed by atoms with Crippen LogP contribution < -0.4 is 5.43 Å². The van der Waals surface area contributed by atoms with Crippen molar-refractivity contribution in [1.82, 2.24) is 0 Å². The van der Waals surface area contributed by atoms with E-state index in [4.69, 9.17) is 0 Å². The Morgan fingerprint density at radius 2 is 2.06 bits per heavy atom. The van der Waals surface area contributed by atoms with E-state index in [1.807, 2.05) is 0 Å². The number of carbonyl (C=O) groups excluding carboxylic acids is 1. The maximum absolute atomic E-state index is 11.5. The molecule has 0 amide bonds. The molecule has 1 atom stereocenters. The minimum Gasteiger partial charge on any atom is -0.466 e. The molecule has 0 spiro atoms. The third-order valence-electron chi connectivity index (χ3n) is 1.96. The van der Waals surface area contributed by atoms with Crippen LogP contribution in [0.1, 0.15) is 11.7 Å². The molecule has 4 heteroatoms. The Morgan fingerprint density at radius 1 is 1.38 bits per heavy atom. The summed E-state index contributed by atoms with van der Waals surface area (Å²) in [7, 11) is 1.24. The summed E-state index contributed by atoms with van der Waals surface area (Å²) < 4.78 is 4.37. The number of carbonyl (C=O) groups is 1. The quantitative estimate of drug-likeness (QED) is 0.604. The summed E-state index contributed by atoms with van der Waals surface area (Å²) in [6.07, 6.45) is 1.18. The van der Waals surface area contributed by atoms with Crippen LogP contribution in [0.3, 0.4) is 0 Å². The monoisotopic (exact) mass is 220 g/mol. The smallest absolute Gasteiger partial charge is 0.330 e. The van der Waals surface area contributed by atoms with E-state index in [2.05, 4.69) is 4.74 Å². The Balaban J connectivity index is 2.94. The third kappa shape index (κ3) is 3.33. The molecule has 0 aliphatic heterocycles. The van der Waals surface area contributed by atoms with Crippen LogP contribution in [-0.4, -0.2) is 18.2 Å². The van der Waals surface area contributed by atoms with Gasteiger partial charge in [0.1, 0.15) is 6.10 Å². The van der Waals surface area contributed by atoms with Gasteiger partial charge in [0, 0.05) is 11.6 Å². The first-order valence-corrected chi connectivity index (χ1v) is 4.68. The SMILES string of the molecule is COC(=O)/C=C/C(O)c1cccccc1=O. The molecule has 0 heterocycles. The molecule has 0 aliphatic carbocycles. The standard InChI is InChI=1S/C12H12O4/c1-16-12(15)8-7-11(14)9-5-3-2-4-6-10(9)13/h2-8,11,14H,1H3/b8-7+. The van der Waals surface area contributed by atoms with Gasteiger partial charge in [-0.25, -0.2) is 4.79 Å². The van der Waals surface area contributed by atoms with Crippen LogP contribution >= 0.6 is 0 Å². The highest BCUT2D eigenvalue weighted by atomic mass is 16.5. The topological polar surface area (TPSA) is 63.6 Å². The van der Waals surface area contributed by atoms with Gasteiger partial charge in [-0.15, -0.1) is 0 Å². The van der Waals surface area contributed by atoms with Crippen molar-refractivity contribution in [3.05, 3.63) is 58.3 Å². The first kappa shape index (κ1) is 12.1. The zero-order valence-electron chi connectivity index (χ0n) is 8.79. The Hall–Kier alpha value is -1.94. The van der Waals surface area contributed by atoms with Gasteiger partial charge >= 0.3 is 5.97 Å². The first-order valence-electron chi connectivity index (χ1n) is 4.68. The van der Waals surface area contributed by atoms with E-state index in [1.165, 1.54) is 25.3 Å². The minimum absolute atomic E-state index is 0.213. The van der Waals surface area contributed by atoms with Crippen molar-refractivity contribution >= 4 is 5.97 Å². The highest BCUT2D eigenvalue weighted by Gasteiger charge is 2.06. The van der Waals surface area contributed by atoms with Gasteiger partial charge in [-0.2, -0.15) is 0 Å². The van der Waals surface area contributed by atoms with Crippen LogP contribution in [0.4, 0.5) is 0 Å². The molecule has 4 nitrogen and oxygen atoms in total. The van der Waals surface area contributed by atoms with Gasteiger partial charge in [-0.05, 0) is 12.1 Å². The summed E-state index contributed by atoms with van der Waals surface area (Å²) in [5, 5.41) is 9.66. The predicted molar refractivity (Wildman–Crippen MR) is 58.8 cm³/mol. The maximum atomic E-state index is 11.5. The minimum atomic E-state index is -1.11. The average Bonchev–Trinajstić information content (AvgIpc) is 2.50. The fourth-order valence-corrected chi connectivity index (χ4v) is 1.13. The Labute approximate surface area is 92.8 Å². The second-order valence-corrected chi connectivity index (χ2v) is 3.06. The molecule has 84 valence electrons. The van der Waals surface area contributed by atoms with Gasteiger partial charge in [0.2, 0.25) is 0 Å². The van der Waals surface area contributed by atoms with Gasteiger partial charge in [0.25, 0.3) is 0 Å². The number of esters is 1. The Kier molecular flexibility index (Phi) is 4.42. The summed E-state index contributed by atoms with van der Waals surface area (Å²) in [6.45, 7) is 0. The normalized spacial score (nSPS) is 12.4. The lowest BCUT2D eigenvalue weighted by Gasteiger charge is -2.01. The second-order valence-electron chi connectivity index (χ2n) is 3.06. The average molecular weight is 220 g/mol. The summed E-state index contributed by atoms with van der Waals surface area (Å²) in [4.78, 5) is 22.3. The van der Waals surface area contributed by atoms with Gasteiger partial charge in [0.15, 0.2) is 5.43 Å². The van der Waals surface area contributed by atoms with Gasteiger partial charge in [-0.1, -0.05) is 24.3 Å². The molecule has 0 bridgehead atoms. The molecular weight excluding hydrogens is 208 g/mol. The van der Waals surface area contributed by atoms with Crippen LogP contribution in [0.2, 0.25) is 0 Å². The predicted octanol–water partition coefficient (Wildman–Crippen LogP) is 0.809. The molecule has 0 fully saturated rings. The molecular formula is C12H12O4. The lowest BCUT2D eigenvalue weighted by Crippen LogP contribution is -2.08. The van der Waals surface area contributed by atoms with Crippen LogP contribution in [-0.2, 0) is 9.53 Å². The summed E-state index contributed by atoms with van der Waals surface area (Å²) in [5.74, 6) is -0.577. The van der Waals surface area contributed by atoms with E-state index in [-0.39, 0.29) is 11.0 Å². The second kappa shape index (κ2) is 5.82. The van der Waals surface area contributed by atoms with Crippen LogP contribution in [0.25, 0.3) is 0 Å². The molecule has 16 heavy (non-hydrogen) atoms. The lowest BCUT2D eigenvalue weighted by molar-refractivity contribution is -0.134. The first-order chi connectivity index (χ1) is 7.65. The van der Waals surface area contributed by atoms with Crippen LogP contribution in [0, 0.1) is 0 Å². The molecule has 1 unspecified atom stereocenters. The summed E-state index contributed by atoms with van der Waals surface area (Å²) >= 11 is 0. The van der Waals surface area contributed by atoms with E-state index in [1.54, 1.807) is 18.2 Å². The van der Waals surface area contributed by atoms with Crippen molar-refractivity contribution in [3.63, 3.8) is 0 Å². The number of hydrogen-bond acceptors (Lipinski definition) is 4. The largest absolute Gasteiger partial charge is 0.466 e. The maximum Gasteiger partial charge on any atom is 0.330 e. The molecule has 1 aromatic rings. The molecule has 1 aromatic carbocycles. The van der Waals surface area contributed by atoms with E-state index in [9.17, 15) is 14.7 Å². The van der Waals surface area contributed by atoms with E-state index in [0.717, 1.165) is 6.08 Å². The third-order valence-corrected chi connectivity index (χ3v) is 1.96. The molecule has 0 aliphatic rings. The summed E-state index contributed by atoms with van der Waals surface area (Å²) in [5.41, 5.74) is -0.0721. The number of hydrogen-bond donors (Lipinski definition) is 1. The lowest BCUT2D eigenvalue weighted by atomic mass is 10.1.